The summed E-state index contributed by atoms with van der Waals surface area (Å²) in [4.78, 5) is 4.38. The number of pyridine rings is 1. The van der Waals surface area contributed by atoms with Crippen molar-refractivity contribution in [2.24, 2.45) is 5.92 Å². The summed E-state index contributed by atoms with van der Waals surface area (Å²) >= 11 is 3.39. The first-order valence-electron chi connectivity index (χ1n) is 5.03. The van der Waals surface area contributed by atoms with Crippen LogP contribution < -0.4 is 0 Å². The summed E-state index contributed by atoms with van der Waals surface area (Å²) in [5.74, 6) is 0.762. The Morgan fingerprint density at radius 2 is 2.14 bits per heavy atom. The van der Waals surface area contributed by atoms with Crippen LogP contribution in [0.15, 0.2) is 22.8 Å². The van der Waals surface area contributed by atoms with Crippen LogP contribution in [0.4, 0.5) is 0 Å². The van der Waals surface area contributed by atoms with Crippen LogP contribution in [0.1, 0.15) is 18.5 Å². The van der Waals surface area contributed by atoms with E-state index in [0.29, 0.717) is 0 Å². The van der Waals surface area contributed by atoms with Gasteiger partial charge in [0.1, 0.15) is 0 Å². The zero-order valence-electron chi connectivity index (χ0n) is 8.08. The highest BCUT2D eigenvalue weighted by atomic mass is 79.9. The van der Waals surface area contributed by atoms with Gasteiger partial charge in [0.2, 0.25) is 0 Å². The fourth-order valence-corrected chi connectivity index (χ4v) is 2.01. The third kappa shape index (κ3) is 2.79. The lowest BCUT2D eigenvalue weighted by Crippen LogP contribution is -2.17. The lowest BCUT2D eigenvalue weighted by Gasteiger charge is -2.21. The van der Waals surface area contributed by atoms with Crippen molar-refractivity contribution in [2.45, 2.75) is 19.3 Å². The topological polar surface area (TPSA) is 22.1 Å². The molecule has 3 heteroatoms. The molecular formula is C11H14BrNO. The molecule has 1 aliphatic heterocycles. The van der Waals surface area contributed by atoms with E-state index in [-0.39, 0.29) is 0 Å². The first-order chi connectivity index (χ1) is 6.84. The second-order valence-corrected chi connectivity index (χ2v) is 4.64. The first kappa shape index (κ1) is 10.1. The first-order valence-corrected chi connectivity index (χ1v) is 5.82. The maximum Gasteiger partial charge on any atom is 0.0468 e. The quantitative estimate of drug-likeness (QED) is 0.811. The Balaban J connectivity index is 1.92. The average Bonchev–Trinajstić information content (AvgIpc) is 2.23. The van der Waals surface area contributed by atoms with Gasteiger partial charge in [-0.15, -0.1) is 0 Å². The molecule has 2 rings (SSSR count). The Morgan fingerprint density at radius 3 is 2.79 bits per heavy atom. The molecule has 2 nitrogen and oxygen atoms in total. The van der Waals surface area contributed by atoms with Crippen molar-refractivity contribution >= 4 is 15.9 Å². The number of ether oxygens (including phenoxy) is 1. The van der Waals surface area contributed by atoms with E-state index in [9.17, 15) is 0 Å². The van der Waals surface area contributed by atoms with Crippen LogP contribution >= 0.6 is 15.9 Å². The van der Waals surface area contributed by atoms with Crippen molar-refractivity contribution < 1.29 is 4.74 Å². The van der Waals surface area contributed by atoms with Crippen molar-refractivity contribution in [2.75, 3.05) is 13.2 Å². The monoisotopic (exact) mass is 255 g/mol. The highest BCUT2D eigenvalue weighted by molar-refractivity contribution is 9.10. The molecule has 1 aromatic rings. The lowest BCUT2D eigenvalue weighted by molar-refractivity contribution is 0.0663. The van der Waals surface area contributed by atoms with E-state index in [0.717, 1.165) is 30.0 Å². The van der Waals surface area contributed by atoms with Gasteiger partial charge >= 0.3 is 0 Å². The van der Waals surface area contributed by atoms with Crippen molar-refractivity contribution in [3.63, 3.8) is 0 Å². The molecule has 0 radical (unpaired) electrons. The summed E-state index contributed by atoms with van der Waals surface area (Å²) < 4.78 is 6.38. The smallest absolute Gasteiger partial charge is 0.0468 e. The molecule has 1 saturated heterocycles. The van der Waals surface area contributed by atoms with E-state index >= 15 is 0 Å². The lowest BCUT2D eigenvalue weighted by atomic mass is 9.95. The molecule has 1 aromatic heterocycles. The number of aromatic nitrogens is 1. The average molecular weight is 256 g/mol. The summed E-state index contributed by atoms with van der Waals surface area (Å²) in [7, 11) is 0. The van der Waals surface area contributed by atoms with E-state index in [1.165, 1.54) is 18.5 Å². The predicted molar refractivity (Wildman–Crippen MR) is 59.2 cm³/mol. The minimum atomic E-state index is 0.762. The number of hydrogen-bond donors (Lipinski definition) is 0. The minimum absolute atomic E-state index is 0.762. The maximum atomic E-state index is 5.33. The van der Waals surface area contributed by atoms with Gasteiger partial charge in [-0.1, -0.05) is 0 Å². The molecule has 1 aliphatic rings. The molecule has 0 saturated carbocycles. The van der Waals surface area contributed by atoms with E-state index in [1.807, 2.05) is 6.20 Å². The van der Waals surface area contributed by atoms with Crippen LogP contribution in [0.3, 0.4) is 0 Å². The molecule has 0 atom stereocenters. The van der Waals surface area contributed by atoms with Gasteiger partial charge in [-0.3, -0.25) is 4.98 Å². The van der Waals surface area contributed by atoms with Gasteiger partial charge in [-0.25, -0.2) is 0 Å². The normalized spacial score (nSPS) is 18.4. The molecule has 1 fully saturated rings. The van der Waals surface area contributed by atoms with Gasteiger partial charge in [-0.2, -0.15) is 0 Å². The number of rotatable bonds is 2. The van der Waals surface area contributed by atoms with Crippen molar-refractivity contribution in [1.29, 1.82) is 0 Å². The van der Waals surface area contributed by atoms with Gasteiger partial charge < -0.3 is 4.74 Å². The molecule has 2 heterocycles. The highest BCUT2D eigenvalue weighted by Crippen LogP contribution is 2.19. The van der Waals surface area contributed by atoms with Gasteiger partial charge in [-0.05, 0) is 53.2 Å². The summed E-state index contributed by atoms with van der Waals surface area (Å²) in [6, 6.07) is 4.15. The molecule has 0 N–H and O–H groups in total. The van der Waals surface area contributed by atoms with E-state index in [2.05, 4.69) is 33.0 Å². The van der Waals surface area contributed by atoms with E-state index < -0.39 is 0 Å². The van der Waals surface area contributed by atoms with Crippen LogP contribution in [-0.2, 0) is 11.2 Å². The SMILES string of the molecule is Brc1ccc(CC2CCOCC2)nc1. The summed E-state index contributed by atoms with van der Waals surface area (Å²) in [6.07, 6.45) is 5.32. The number of nitrogens with zero attached hydrogens (tertiary/aromatic N) is 1. The van der Waals surface area contributed by atoms with E-state index in [4.69, 9.17) is 4.74 Å². The van der Waals surface area contributed by atoms with Crippen LogP contribution in [0.25, 0.3) is 0 Å². The second-order valence-electron chi connectivity index (χ2n) is 3.73. The van der Waals surface area contributed by atoms with Gasteiger partial charge in [0, 0.05) is 29.6 Å². The molecule has 0 unspecified atom stereocenters. The number of hydrogen-bond acceptors (Lipinski definition) is 2. The molecular weight excluding hydrogens is 242 g/mol. The number of halogens is 1. The Hall–Kier alpha value is -0.410. The van der Waals surface area contributed by atoms with Crippen LogP contribution in [0.2, 0.25) is 0 Å². The standard InChI is InChI=1S/C11H14BrNO/c12-10-1-2-11(13-8-10)7-9-3-5-14-6-4-9/h1-2,8-9H,3-7H2. The van der Waals surface area contributed by atoms with Crippen molar-refractivity contribution in [1.82, 2.24) is 4.98 Å². The third-order valence-corrected chi connectivity index (χ3v) is 3.10. The van der Waals surface area contributed by atoms with Crippen molar-refractivity contribution in [3.8, 4) is 0 Å². The highest BCUT2D eigenvalue weighted by Gasteiger charge is 2.14. The third-order valence-electron chi connectivity index (χ3n) is 2.63. The van der Waals surface area contributed by atoms with Crippen molar-refractivity contribution in [3.05, 3.63) is 28.5 Å². The largest absolute Gasteiger partial charge is 0.381 e. The molecule has 14 heavy (non-hydrogen) atoms. The summed E-state index contributed by atoms with van der Waals surface area (Å²) in [6.45, 7) is 1.84. The van der Waals surface area contributed by atoms with Crippen LogP contribution in [0.5, 0.6) is 0 Å². The van der Waals surface area contributed by atoms with Crippen LogP contribution in [-0.4, -0.2) is 18.2 Å². The molecule has 0 bridgehead atoms. The van der Waals surface area contributed by atoms with Gasteiger partial charge in [0.15, 0.2) is 0 Å². The summed E-state index contributed by atoms with van der Waals surface area (Å²) in [5.41, 5.74) is 1.19. The molecule has 76 valence electrons. The fraction of sp³-hybridized carbons (Fsp3) is 0.545. The zero-order chi connectivity index (χ0) is 9.80. The minimum Gasteiger partial charge on any atom is -0.381 e. The maximum absolute atomic E-state index is 5.33. The van der Waals surface area contributed by atoms with Crippen LogP contribution in [0, 0.1) is 5.92 Å². The van der Waals surface area contributed by atoms with Gasteiger partial charge in [0.05, 0.1) is 0 Å². The van der Waals surface area contributed by atoms with Gasteiger partial charge in [0.25, 0.3) is 0 Å². The fourth-order valence-electron chi connectivity index (χ4n) is 1.77. The van der Waals surface area contributed by atoms with E-state index in [1.54, 1.807) is 0 Å². The Kier molecular flexibility index (Phi) is 3.54. The summed E-state index contributed by atoms with van der Waals surface area (Å²) in [5, 5.41) is 0. The Bertz CT molecular complexity index is 280. The second kappa shape index (κ2) is 4.89. The Labute approximate surface area is 92.8 Å². The molecule has 0 spiro atoms. The predicted octanol–water partition coefficient (Wildman–Crippen LogP) is 2.81. The molecule has 0 amide bonds. The Morgan fingerprint density at radius 1 is 1.36 bits per heavy atom. The molecule has 0 aromatic carbocycles. The zero-order valence-corrected chi connectivity index (χ0v) is 9.66. The molecule has 0 aliphatic carbocycles.